The maximum atomic E-state index is 12.6. The van der Waals surface area contributed by atoms with Crippen molar-refractivity contribution in [2.75, 3.05) is 46.3 Å². The number of aromatic nitrogens is 2. The van der Waals surface area contributed by atoms with Crippen LogP contribution < -0.4 is 5.32 Å². The van der Waals surface area contributed by atoms with Gasteiger partial charge in [-0.05, 0) is 19.4 Å². The summed E-state index contributed by atoms with van der Waals surface area (Å²) < 4.78 is 1.81. The average molecular weight is 293 g/mol. The highest BCUT2D eigenvalue weighted by atomic mass is 16.2. The third-order valence-electron chi connectivity index (χ3n) is 4.02. The number of hydrogen-bond acceptors (Lipinski definition) is 4. The van der Waals surface area contributed by atoms with Crippen LogP contribution in [-0.2, 0) is 13.0 Å². The molecule has 0 spiro atoms. The van der Waals surface area contributed by atoms with Gasteiger partial charge in [-0.15, -0.1) is 0 Å². The van der Waals surface area contributed by atoms with E-state index in [1.165, 1.54) is 0 Å². The molecule has 0 saturated carbocycles. The van der Waals surface area contributed by atoms with Crippen molar-refractivity contribution in [1.29, 1.82) is 0 Å². The van der Waals surface area contributed by atoms with Gasteiger partial charge in [0.25, 0.3) is 5.91 Å². The fraction of sp³-hybridized carbons (Fsp3) is 0.733. The zero-order valence-electron chi connectivity index (χ0n) is 13.4. The molecule has 0 bridgehead atoms. The van der Waals surface area contributed by atoms with Gasteiger partial charge >= 0.3 is 0 Å². The Morgan fingerprint density at radius 2 is 2.10 bits per heavy atom. The zero-order chi connectivity index (χ0) is 15.2. The summed E-state index contributed by atoms with van der Waals surface area (Å²) in [5.41, 5.74) is 1.69. The first-order chi connectivity index (χ1) is 10.2. The molecule has 0 radical (unpaired) electrons. The highest BCUT2D eigenvalue weighted by Crippen LogP contribution is 2.08. The topological polar surface area (TPSA) is 53.4 Å². The van der Waals surface area contributed by atoms with Crippen LogP contribution in [0.4, 0.5) is 0 Å². The SMILES string of the molecule is CCc1cc(C(=O)N(C)CCN2CCNCC2)n(CC)n1. The summed E-state index contributed by atoms with van der Waals surface area (Å²) in [6, 6.07) is 1.92. The number of aryl methyl sites for hydroxylation is 2. The first-order valence-electron chi connectivity index (χ1n) is 7.91. The molecular weight excluding hydrogens is 266 g/mol. The van der Waals surface area contributed by atoms with Crippen LogP contribution in [0.5, 0.6) is 0 Å². The average Bonchev–Trinajstić information content (AvgIpc) is 2.96. The van der Waals surface area contributed by atoms with Gasteiger partial charge in [-0.3, -0.25) is 14.4 Å². The van der Waals surface area contributed by atoms with Crippen molar-refractivity contribution in [2.24, 2.45) is 0 Å². The normalized spacial score (nSPS) is 16.1. The van der Waals surface area contributed by atoms with Crippen molar-refractivity contribution in [3.05, 3.63) is 17.5 Å². The van der Waals surface area contributed by atoms with Crippen LogP contribution >= 0.6 is 0 Å². The maximum absolute atomic E-state index is 12.6. The molecule has 6 nitrogen and oxygen atoms in total. The van der Waals surface area contributed by atoms with E-state index in [-0.39, 0.29) is 5.91 Å². The predicted octanol–water partition coefficient (Wildman–Crippen LogP) is 0.443. The Hall–Kier alpha value is -1.40. The quantitative estimate of drug-likeness (QED) is 0.827. The van der Waals surface area contributed by atoms with E-state index in [0.29, 0.717) is 5.69 Å². The van der Waals surface area contributed by atoms with E-state index in [9.17, 15) is 4.79 Å². The summed E-state index contributed by atoms with van der Waals surface area (Å²) >= 11 is 0. The van der Waals surface area contributed by atoms with Crippen LogP contribution in [0.1, 0.15) is 30.0 Å². The van der Waals surface area contributed by atoms with E-state index >= 15 is 0 Å². The molecule has 0 atom stereocenters. The molecule has 1 fully saturated rings. The van der Waals surface area contributed by atoms with Gasteiger partial charge in [0.15, 0.2) is 0 Å². The minimum absolute atomic E-state index is 0.0687. The van der Waals surface area contributed by atoms with Crippen LogP contribution in [0.3, 0.4) is 0 Å². The molecule has 1 N–H and O–H groups in total. The van der Waals surface area contributed by atoms with E-state index in [4.69, 9.17) is 0 Å². The number of nitrogens with zero attached hydrogens (tertiary/aromatic N) is 4. The minimum Gasteiger partial charge on any atom is -0.339 e. The molecule has 1 saturated heterocycles. The minimum atomic E-state index is 0.0687. The summed E-state index contributed by atoms with van der Waals surface area (Å²) in [6.45, 7) is 10.7. The molecule has 0 aromatic carbocycles. The van der Waals surface area contributed by atoms with Crippen molar-refractivity contribution >= 4 is 5.91 Å². The Balaban J connectivity index is 1.93. The van der Waals surface area contributed by atoms with Gasteiger partial charge in [0.05, 0.1) is 5.69 Å². The first kappa shape index (κ1) is 16.0. The van der Waals surface area contributed by atoms with Crippen molar-refractivity contribution in [3.8, 4) is 0 Å². The fourth-order valence-corrected chi connectivity index (χ4v) is 2.58. The van der Waals surface area contributed by atoms with Crippen LogP contribution in [0, 0.1) is 0 Å². The van der Waals surface area contributed by atoms with Crippen LogP contribution in [0.2, 0.25) is 0 Å². The summed E-state index contributed by atoms with van der Waals surface area (Å²) in [4.78, 5) is 16.8. The molecule has 6 heteroatoms. The second kappa shape index (κ2) is 7.56. The lowest BCUT2D eigenvalue weighted by atomic mass is 10.3. The molecule has 0 aliphatic carbocycles. The molecule has 1 aliphatic heterocycles. The van der Waals surface area contributed by atoms with E-state index < -0.39 is 0 Å². The number of nitrogens with one attached hydrogen (secondary N) is 1. The Bertz CT molecular complexity index is 465. The van der Waals surface area contributed by atoms with E-state index in [1.807, 2.05) is 29.6 Å². The van der Waals surface area contributed by atoms with Gasteiger partial charge in [-0.2, -0.15) is 5.10 Å². The highest BCUT2D eigenvalue weighted by molar-refractivity contribution is 5.92. The maximum Gasteiger partial charge on any atom is 0.271 e. The van der Waals surface area contributed by atoms with E-state index in [1.54, 1.807) is 0 Å². The summed E-state index contributed by atoms with van der Waals surface area (Å²) in [5.74, 6) is 0.0687. The number of likely N-dealkylation sites (N-methyl/N-ethyl adjacent to an activating group) is 1. The van der Waals surface area contributed by atoms with E-state index in [0.717, 1.165) is 57.9 Å². The second-order valence-corrected chi connectivity index (χ2v) is 5.51. The summed E-state index contributed by atoms with van der Waals surface area (Å²) in [7, 11) is 1.88. The molecule has 0 unspecified atom stereocenters. The van der Waals surface area contributed by atoms with Crippen LogP contribution in [-0.4, -0.2) is 71.8 Å². The smallest absolute Gasteiger partial charge is 0.271 e. The molecule has 1 aliphatic rings. The number of hydrogen-bond donors (Lipinski definition) is 1. The van der Waals surface area contributed by atoms with Gasteiger partial charge in [-0.1, -0.05) is 6.92 Å². The Morgan fingerprint density at radius 3 is 2.71 bits per heavy atom. The van der Waals surface area contributed by atoms with Crippen LogP contribution in [0.25, 0.3) is 0 Å². The molecule has 21 heavy (non-hydrogen) atoms. The molecule has 2 rings (SSSR count). The number of piperazine rings is 1. The van der Waals surface area contributed by atoms with Crippen molar-refractivity contribution in [2.45, 2.75) is 26.8 Å². The molecule has 1 aromatic heterocycles. The Labute approximate surface area is 127 Å². The molecular formula is C15H27N5O. The number of amides is 1. The lowest BCUT2D eigenvalue weighted by Crippen LogP contribution is -2.46. The van der Waals surface area contributed by atoms with Gasteiger partial charge in [-0.25, -0.2) is 0 Å². The van der Waals surface area contributed by atoms with Crippen molar-refractivity contribution < 1.29 is 4.79 Å². The van der Waals surface area contributed by atoms with E-state index in [2.05, 4.69) is 22.2 Å². The van der Waals surface area contributed by atoms with Gasteiger partial charge in [0.2, 0.25) is 0 Å². The standard InChI is InChI=1S/C15H27N5O/c1-4-13-12-14(20(5-2)17-13)15(21)18(3)10-11-19-8-6-16-7-9-19/h12,16H,4-11H2,1-3H3. The van der Waals surface area contributed by atoms with Crippen molar-refractivity contribution in [3.63, 3.8) is 0 Å². The lowest BCUT2D eigenvalue weighted by Gasteiger charge is -2.29. The zero-order valence-corrected chi connectivity index (χ0v) is 13.4. The third kappa shape index (κ3) is 4.04. The Kier molecular flexibility index (Phi) is 5.76. The number of carbonyl (C=O) groups is 1. The van der Waals surface area contributed by atoms with Gasteiger partial charge in [0.1, 0.15) is 5.69 Å². The molecule has 118 valence electrons. The number of carbonyl (C=O) groups excluding carboxylic acids is 1. The Morgan fingerprint density at radius 1 is 1.38 bits per heavy atom. The fourth-order valence-electron chi connectivity index (χ4n) is 2.58. The largest absolute Gasteiger partial charge is 0.339 e. The summed E-state index contributed by atoms with van der Waals surface area (Å²) in [6.07, 6.45) is 0.859. The van der Waals surface area contributed by atoms with Gasteiger partial charge in [0, 0.05) is 52.9 Å². The highest BCUT2D eigenvalue weighted by Gasteiger charge is 2.19. The first-order valence-corrected chi connectivity index (χ1v) is 7.91. The lowest BCUT2D eigenvalue weighted by molar-refractivity contribution is 0.0762. The predicted molar refractivity (Wildman–Crippen MR) is 83.5 cm³/mol. The van der Waals surface area contributed by atoms with Crippen molar-refractivity contribution in [1.82, 2.24) is 24.9 Å². The summed E-state index contributed by atoms with van der Waals surface area (Å²) in [5, 5.41) is 7.79. The number of rotatable bonds is 6. The third-order valence-corrected chi connectivity index (χ3v) is 4.02. The van der Waals surface area contributed by atoms with Crippen LogP contribution in [0.15, 0.2) is 6.07 Å². The molecule has 1 aromatic rings. The molecule has 1 amide bonds. The second-order valence-electron chi connectivity index (χ2n) is 5.51. The molecule has 2 heterocycles. The van der Waals surface area contributed by atoms with Gasteiger partial charge < -0.3 is 10.2 Å². The monoisotopic (exact) mass is 293 g/mol.